The molecule has 0 aliphatic carbocycles. The van der Waals surface area contributed by atoms with Crippen LogP contribution in [0, 0.1) is 5.92 Å². The standard InChI is InChI=1S/C21H27N3O2/c1-2-4-16(5-3-1)14-20-23-19-7-11-22-10-6-18(19)21(24-20)26-15-17-8-12-25-13-9-17/h1-5,17,22H,6-15H2. The molecule has 0 unspecified atom stereocenters. The van der Waals surface area contributed by atoms with Crippen LogP contribution in [0.25, 0.3) is 0 Å². The Balaban J connectivity index is 1.56. The molecule has 138 valence electrons. The zero-order valence-corrected chi connectivity index (χ0v) is 15.2. The zero-order valence-electron chi connectivity index (χ0n) is 15.2. The largest absolute Gasteiger partial charge is 0.477 e. The summed E-state index contributed by atoms with van der Waals surface area (Å²) in [7, 11) is 0. The van der Waals surface area contributed by atoms with Crippen LogP contribution < -0.4 is 10.1 Å². The Hall–Kier alpha value is -1.98. The predicted octanol–water partition coefficient (Wildman–Crippen LogP) is 2.56. The lowest BCUT2D eigenvalue weighted by Gasteiger charge is -2.23. The second kappa shape index (κ2) is 8.60. The molecule has 3 heterocycles. The molecule has 1 aromatic carbocycles. The molecule has 0 radical (unpaired) electrons. The van der Waals surface area contributed by atoms with Gasteiger partial charge in [0.2, 0.25) is 5.88 Å². The molecule has 2 aliphatic heterocycles. The van der Waals surface area contributed by atoms with Gasteiger partial charge in [0.05, 0.1) is 12.3 Å². The van der Waals surface area contributed by atoms with E-state index in [4.69, 9.17) is 19.4 Å². The lowest BCUT2D eigenvalue weighted by atomic mass is 10.0. The molecule has 0 bridgehead atoms. The normalized spacial score (nSPS) is 18.2. The van der Waals surface area contributed by atoms with Gasteiger partial charge in [0.1, 0.15) is 5.82 Å². The molecule has 4 rings (SSSR count). The third kappa shape index (κ3) is 4.40. The highest BCUT2D eigenvalue weighted by Gasteiger charge is 2.20. The molecule has 0 saturated carbocycles. The molecule has 1 saturated heterocycles. The van der Waals surface area contributed by atoms with Gasteiger partial charge in [-0.15, -0.1) is 0 Å². The molecule has 26 heavy (non-hydrogen) atoms. The van der Waals surface area contributed by atoms with Gasteiger partial charge in [0.25, 0.3) is 0 Å². The lowest BCUT2D eigenvalue weighted by molar-refractivity contribution is 0.0488. The van der Waals surface area contributed by atoms with Crippen LogP contribution in [0.15, 0.2) is 30.3 Å². The van der Waals surface area contributed by atoms with E-state index >= 15 is 0 Å². The number of nitrogens with one attached hydrogen (secondary N) is 1. The van der Waals surface area contributed by atoms with Crippen LogP contribution >= 0.6 is 0 Å². The minimum absolute atomic E-state index is 0.566. The van der Waals surface area contributed by atoms with E-state index in [0.717, 1.165) is 82.4 Å². The molecule has 0 spiro atoms. The maximum atomic E-state index is 6.24. The molecule has 1 N–H and O–H groups in total. The summed E-state index contributed by atoms with van der Waals surface area (Å²) in [5.41, 5.74) is 3.58. The van der Waals surface area contributed by atoms with Gasteiger partial charge in [-0.1, -0.05) is 30.3 Å². The third-order valence-electron chi connectivity index (χ3n) is 5.19. The molecule has 1 aromatic heterocycles. The number of aromatic nitrogens is 2. The molecular weight excluding hydrogens is 326 g/mol. The number of rotatable bonds is 5. The SMILES string of the molecule is c1ccc(Cc2nc3c(c(OCC4CCOCC4)n2)CCNCC3)cc1. The molecule has 0 amide bonds. The van der Waals surface area contributed by atoms with E-state index < -0.39 is 0 Å². The second-order valence-electron chi connectivity index (χ2n) is 7.15. The van der Waals surface area contributed by atoms with Crippen molar-refractivity contribution in [2.45, 2.75) is 32.1 Å². The van der Waals surface area contributed by atoms with Crippen molar-refractivity contribution in [1.82, 2.24) is 15.3 Å². The van der Waals surface area contributed by atoms with Crippen LogP contribution in [0.5, 0.6) is 5.88 Å². The fourth-order valence-corrected chi connectivity index (χ4v) is 3.65. The van der Waals surface area contributed by atoms with Gasteiger partial charge in [-0.3, -0.25) is 0 Å². The average molecular weight is 353 g/mol. The van der Waals surface area contributed by atoms with Crippen LogP contribution in [0.1, 0.15) is 35.5 Å². The van der Waals surface area contributed by atoms with E-state index in [2.05, 4.69) is 29.6 Å². The summed E-state index contributed by atoms with van der Waals surface area (Å²) in [6.45, 7) is 4.35. The Kier molecular flexibility index (Phi) is 5.77. The van der Waals surface area contributed by atoms with Gasteiger partial charge in [0, 0.05) is 38.2 Å². The van der Waals surface area contributed by atoms with Crippen molar-refractivity contribution in [3.63, 3.8) is 0 Å². The van der Waals surface area contributed by atoms with E-state index in [0.29, 0.717) is 5.92 Å². The van der Waals surface area contributed by atoms with Crippen molar-refractivity contribution in [3.05, 3.63) is 53.0 Å². The van der Waals surface area contributed by atoms with E-state index in [1.807, 2.05) is 6.07 Å². The van der Waals surface area contributed by atoms with Crippen molar-refractivity contribution in [2.24, 2.45) is 5.92 Å². The Labute approximate surface area is 155 Å². The second-order valence-corrected chi connectivity index (χ2v) is 7.15. The summed E-state index contributed by atoms with van der Waals surface area (Å²) in [5.74, 6) is 2.23. The molecule has 5 nitrogen and oxygen atoms in total. The predicted molar refractivity (Wildman–Crippen MR) is 101 cm³/mol. The number of fused-ring (bicyclic) bond motifs is 1. The zero-order chi connectivity index (χ0) is 17.6. The summed E-state index contributed by atoms with van der Waals surface area (Å²) >= 11 is 0. The van der Waals surface area contributed by atoms with Crippen LogP contribution in [-0.4, -0.2) is 42.9 Å². The van der Waals surface area contributed by atoms with Gasteiger partial charge in [-0.25, -0.2) is 4.98 Å². The Morgan fingerprint density at radius 1 is 1.04 bits per heavy atom. The summed E-state index contributed by atoms with van der Waals surface area (Å²) in [6, 6.07) is 10.4. The van der Waals surface area contributed by atoms with Crippen molar-refractivity contribution >= 4 is 0 Å². The van der Waals surface area contributed by atoms with Gasteiger partial charge in [0.15, 0.2) is 0 Å². The lowest BCUT2D eigenvalue weighted by Crippen LogP contribution is -2.22. The highest BCUT2D eigenvalue weighted by Crippen LogP contribution is 2.24. The van der Waals surface area contributed by atoms with Crippen molar-refractivity contribution in [2.75, 3.05) is 32.9 Å². The van der Waals surface area contributed by atoms with Crippen molar-refractivity contribution in [3.8, 4) is 5.88 Å². The topological polar surface area (TPSA) is 56.3 Å². The minimum Gasteiger partial charge on any atom is -0.477 e. The fourth-order valence-electron chi connectivity index (χ4n) is 3.65. The van der Waals surface area contributed by atoms with E-state index in [1.54, 1.807) is 0 Å². The van der Waals surface area contributed by atoms with Crippen molar-refractivity contribution in [1.29, 1.82) is 0 Å². The molecule has 2 aliphatic rings. The van der Waals surface area contributed by atoms with E-state index in [-0.39, 0.29) is 0 Å². The smallest absolute Gasteiger partial charge is 0.220 e. The summed E-state index contributed by atoms with van der Waals surface area (Å²) in [5, 5.41) is 3.46. The van der Waals surface area contributed by atoms with Gasteiger partial charge in [-0.2, -0.15) is 4.98 Å². The molecule has 1 fully saturated rings. The summed E-state index contributed by atoms with van der Waals surface area (Å²) < 4.78 is 11.7. The van der Waals surface area contributed by atoms with E-state index in [9.17, 15) is 0 Å². The Morgan fingerprint density at radius 2 is 1.85 bits per heavy atom. The Morgan fingerprint density at radius 3 is 2.69 bits per heavy atom. The highest BCUT2D eigenvalue weighted by atomic mass is 16.5. The highest BCUT2D eigenvalue weighted by molar-refractivity contribution is 5.34. The molecular formula is C21H27N3O2. The number of nitrogens with zero attached hydrogens (tertiary/aromatic N) is 2. The maximum Gasteiger partial charge on any atom is 0.220 e. The molecule has 5 heteroatoms. The monoisotopic (exact) mass is 353 g/mol. The van der Waals surface area contributed by atoms with Crippen LogP contribution in [0.3, 0.4) is 0 Å². The van der Waals surface area contributed by atoms with Gasteiger partial charge < -0.3 is 14.8 Å². The number of ether oxygens (including phenoxy) is 2. The fraction of sp³-hybridized carbons (Fsp3) is 0.524. The average Bonchev–Trinajstić information content (AvgIpc) is 2.93. The quantitative estimate of drug-likeness (QED) is 0.895. The molecule has 2 aromatic rings. The number of hydrogen-bond donors (Lipinski definition) is 1. The van der Waals surface area contributed by atoms with Crippen LogP contribution in [0.2, 0.25) is 0 Å². The van der Waals surface area contributed by atoms with Gasteiger partial charge >= 0.3 is 0 Å². The minimum atomic E-state index is 0.566. The maximum absolute atomic E-state index is 6.24. The van der Waals surface area contributed by atoms with Crippen LogP contribution in [-0.2, 0) is 24.0 Å². The van der Waals surface area contributed by atoms with E-state index in [1.165, 1.54) is 11.1 Å². The first-order valence-electron chi connectivity index (χ1n) is 9.72. The summed E-state index contributed by atoms with van der Waals surface area (Å²) in [4.78, 5) is 9.69. The van der Waals surface area contributed by atoms with Crippen molar-refractivity contribution < 1.29 is 9.47 Å². The molecule has 0 atom stereocenters. The van der Waals surface area contributed by atoms with Crippen LogP contribution in [0.4, 0.5) is 0 Å². The first-order valence-corrected chi connectivity index (χ1v) is 9.72. The first kappa shape index (κ1) is 17.4. The summed E-state index contributed by atoms with van der Waals surface area (Å²) in [6.07, 6.45) is 4.77. The third-order valence-corrected chi connectivity index (χ3v) is 5.19. The number of hydrogen-bond acceptors (Lipinski definition) is 5. The number of benzene rings is 1. The van der Waals surface area contributed by atoms with Gasteiger partial charge in [-0.05, 0) is 37.3 Å². The first-order chi connectivity index (χ1) is 12.9. The Bertz CT molecular complexity index is 715.